The Bertz CT molecular complexity index is 646. The van der Waals surface area contributed by atoms with Crippen molar-refractivity contribution in [2.75, 3.05) is 30.5 Å². The predicted octanol–water partition coefficient (Wildman–Crippen LogP) is 1.51. The van der Waals surface area contributed by atoms with Gasteiger partial charge in [-0.2, -0.15) is 0 Å². The zero-order chi connectivity index (χ0) is 15.5. The highest BCUT2D eigenvalue weighted by atomic mass is 35.5. The quantitative estimate of drug-likeness (QED) is 0.644. The molecule has 1 saturated heterocycles. The number of aliphatic imine (C=N–C) groups is 1. The molecule has 1 unspecified atom stereocenters. The summed E-state index contributed by atoms with van der Waals surface area (Å²) in [6.07, 6.45) is 0.646. The van der Waals surface area contributed by atoms with Gasteiger partial charge in [-0.05, 0) is 30.5 Å². The first-order chi connectivity index (χ1) is 9.89. The van der Waals surface area contributed by atoms with Gasteiger partial charge in [-0.1, -0.05) is 11.6 Å². The standard InChI is InChI=1S/C13H18ClN3O3S/c1-20-12-3-2-10(6-11(12)14)17-13(15)16-7-9-4-5-21(18,19)8-9/h2-3,6,9H,4-5,7-8H2,1H3,(H3,15,16,17). The van der Waals surface area contributed by atoms with Gasteiger partial charge in [-0.3, -0.25) is 4.99 Å². The third-order valence-corrected chi connectivity index (χ3v) is 5.40. The van der Waals surface area contributed by atoms with Gasteiger partial charge >= 0.3 is 0 Å². The van der Waals surface area contributed by atoms with Crippen LogP contribution in [0.5, 0.6) is 5.75 Å². The van der Waals surface area contributed by atoms with Crippen LogP contribution in [0.4, 0.5) is 5.69 Å². The molecule has 0 spiro atoms. The van der Waals surface area contributed by atoms with E-state index in [1.807, 2.05) is 0 Å². The number of nitrogens with one attached hydrogen (secondary N) is 1. The fraction of sp³-hybridized carbons (Fsp3) is 0.462. The molecule has 116 valence electrons. The van der Waals surface area contributed by atoms with E-state index in [0.29, 0.717) is 29.4 Å². The summed E-state index contributed by atoms with van der Waals surface area (Å²) in [5.74, 6) is 1.30. The summed E-state index contributed by atoms with van der Waals surface area (Å²) in [6.45, 7) is 0.405. The van der Waals surface area contributed by atoms with E-state index in [1.165, 1.54) is 0 Å². The van der Waals surface area contributed by atoms with Crippen LogP contribution in [0.25, 0.3) is 0 Å². The van der Waals surface area contributed by atoms with Crippen LogP contribution in [-0.4, -0.2) is 39.5 Å². The zero-order valence-electron chi connectivity index (χ0n) is 11.7. The van der Waals surface area contributed by atoms with Gasteiger partial charge in [-0.25, -0.2) is 8.42 Å². The van der Waals surface area contributed by atoms with Crippen molar-refractivity contribution in [3.63, 3.8) is 0 Å². The molecular weight excluding hydrogens is 314 g/mol. The fourth-order valence-electron chi connectivity index (χ4n) is 2.17. The number of anilines is 1. The lowest BCUT2D eigenvalue weighted by Crippen LogP contribution is -2.24. The Labute approximate surface area is 129 Å². The first-order valence-corrected chi connectivity index (χ1v) is 8.70. The van der Waals surface area contributed by atoms with Gasteiger partial charge in [0.15, 0.2) is 15.8 Å². The van der Waals surface area contributed by atoms with Crippen molar-refractivity contribution >= 4 is 33.1 Å². The second-order valence-electron chi connectivity index (χ2n) is 4.97. The van der Waals surface area contributed by atoms with Gasteiger partial charge in [0, 0.05) is 12.2 Å². The van der Waals surface area contributed by atoms with Crippen molar-refractivity contribution < 1.29 is 13.2 Å². The molecule has 0 bridgehead atoms. The molecule has 1 heterocycles. The Morgan fingerprint density at radius 1 is 1.57 bits per heavy atom. The summed E-state index contributed by atoms with van der Waals surface area (Å²) in [7, 11) is -1.34. The van der Waals surface area contributed by atoms with Crippen LogP contribution in [0.3, 0.4) is 0 Å². The van der Waals surface area contributed by atoms with E-state index in [-0.39, 0.29) is 23.4 Å². The Hall–Kier alpha value is -1.47. The lowest BCUT2D eigenvalue weighted by atomic mass is 10.1. The SMILES string of the molecule is COc1ccc(NC(N)=NCC2CCS(=O)(=O)C2)cc1Cl. The predicted molar refractivity (Wildman–Crippen MR) is 84.9 cm³/mol. The highest BCUT2D eigenvalue weighted by Gasteiger charge is 2.27. The maximum absolute atomic E-state index is 11.4. The Morgan fingerprint density at radius 2 is 2.33 bits per heavy atom. The smallest absolute Gasteiger partial charge is 0.193 e. The summed E-state index contributed by atoms with van der Waals surface area (Å²) < 4.78 is 27.8. The first-order valence-electron chi connectivity index (χ1n) is 6.50. The molecule has 1 aliphatic heterocycles. The van der Waals surface area contributed by atoms with Crippen LogP contribution in [0.1, 0.15) is 6.42 Å². The van der Waals surface area contributed by atoms with Crippen LogP contribution in [0.15, 0.2) is 23.2 Å². The van der Waals surface area contributed by atoms with Gasteiger partial charge in [-0.15, -0.1) is 0 Å². The van der Waals surface area contributed by atoms with E-state index in [4.69, 9.17) is 22.1 Å². The molecule has 0 radical (unpaired) electrons. The molecule has 8 heteroatoms. The number of guanidine groups is 1. The van der Waals surface area contributed by atoms with E-state index in [0.717, 1.165) is 0 Å². The maximum atomic E-state index is 11.4. The summed E-state index contributed by atoms with van der Waals surface area (Å²) in [5, 5.41) is 3.39. The van der Waals surface area contributed by atoms with Crippen molar-refractivity contribution in [1.82, 2.24) is 0 Å². The first kappa shape index (κ1) is 15.9. The van der Waals surface area contributed by atoms with E-state index in [1.54, 1.807) is 25.3 Å². The largest absolute Gasteiger partial charge is 0.495 e. The topological polar surface area (TPSA) is 93.8 Å². The fourth-order valence-corrected chi connectivity index (χ4v) is 4.28. The molecular formula is C13H18ClN3O3S. The summed E-state index contributed by atoms with van der Waals surface area (Å²) >= 11 is 6.01. The number of hydrogen-bond donors (Lipinski definition) is 2. The third-order valence-electron chi connectivity index (χ3n) is 3.27. The lowest BCUT2D eigenvalue weighted by molar-refractivity contribution is 0.415. The molecule has 1 fully saturated rings. The molecule has 1 aliphatic rings. The van der Waals surface area contributed by atoms with Crippen molar-refractivity contribution in [2.24, 2.45) is 16.6 Å². The average molecular weight is 332 g/mol. The van der Waals surface area contributed by atoms with Gasteiger partial charge in [0.2, 0.25) is 0 Å². The molecule has 2 rings (SSSR count). The van der Waals surface area contributed by atoms with Crippen LogP contribution < -0.4 is 15.8 Å². The van der Waals surface area contributed by atoms with Gasteiger partial charge in [0.05, 0.1) is 23.6 Å². The minimum absolute atomic E-state index is 0.0507. The number of halogens is 1. The molecule has 21 heavy (non-hydrogen) atoms. The van der Waals surface area contributed by atoms with Crippen molar-refractivity contribution in [1.29, 1.82) is 0 Å². The number of nitrogens with two attached hydrogens (primary N) is 1. The number of rotatable bonds is 4. The number of hydrogen-bond acceptors (Lipinski definition) is 4. The van der Waals surface area contributed by atoms with E-state index < -0.39 is 9.84 Å². The number of sulfone groups is 1. The highest BCUT2D eigenvalue weighted by molar-refractivity contribution is 7.91. The van der Waals surface area contributed by atoms with E-state index >= 15 is 0 Å². The molecule has 1 aromatic carbocycles. The molecule has 3 N–H and O–H groups in total. The maximum Gasteiger partial charge on any atom is 0.193 e. The third kappa shape index (κ3) is 4.50. The summed E-state index contributed by atoms with van der Waals surface area (Å²) in [4.78, 5) is 4.18. The van der Waals surface area contributed by atoms with Crippen molar-refractivity contribution in [3.8, 4) is 5.75 Å². The lowest BCUT2D eigenvalue weighted by Gasteiger charge is -2.09. The molecule has 0 saturated carbocycles. The normalized spacial score (nSPS) is 21.2. The molecule has 1 aromatic rings. The number of nitrogens with zero attached hydrogens (tertiary/aromatic N) is 1. The highest BCUT2D eigenvalue weighted by Crippen LogP contribution is 2.27. The minimum atomic E-state index is -2.88. The number of benzene rings is 1. The minimum Gasteiger partial charge on any atom is -0.495 e. The van der Waals surface area contributed by atoms with Crippen LogP contribution in [-0.2, 0) is 9.84 Å². The summed E-state index contributed by atoms with van der Waals surface area (Å²) in [6, 6.07) is 5.18. The molecule has 1 atom stereocenters. The van der Waals surface area contributed by atoms with Gasteiger partial charge in [0.1, 0.15) is 5.75 Å². The van der Waals surface area contributed by atoms with E-state index in [2.05, 4.69) is 10.3 Å². The number of ether oxygens (including phenoxy) is 1. The van der Waals surface area contributed by atoms with Crippen LogP contribution in [0.2, 0.25) is 5.02 Å². The second kappa shape index (κ2) is 6.53. The molecule has 0 amide bonds. The second-order valence-corrected chi connectivity index (χ2v) is 7.61. The van der Waals surface area contributed by atoms with E-state index in [9.17, 15) is 8.42 Å². The molecule has 0 aliphatic carbocycles. The summed E-state index contributed by atoms with van der Waals surface area (Å²) in [5.41, 5.74) is 6.48. The Morgan fingerprint density at radius 3 is 2.90 bits per heavy atom. The molecule has 0 aromatic heterocycles. The van der Waals surface area contributed by atoms with Crippen LogP contribution in [0, 0.1) is 5.92 Å². The van der Waals surface area contributed by atoms with Crippen molar-refractivity contribution in [2.45, 2.75) is 6.42 Å². The van der Waals surface area contributed by atoms with Gasteiger partial charge < -0.3 is 15.8 Å². The monoisotopic (exact) mass is 331 g/mol. The van der Waals surface area contributed by atoms with Gasteiger partial charge in [0.25, 0.3) is 0 Å². The van der Waals surface area contributed by atoms with Crippen molar-refractivity contribution in [3.05, 3.63) is 23.2 Å². The van der Waals surface area contributed by atoms with Crippen LogP contribution >= 0.6 is 11.6 Å². The Kier molecular flexibility index (Phi) is 4.95. The Balaban J connectivity index is 1.93. The number of methoxy groups -OCH3 is 1. The molecule has 6 nitrogen and oxygen atoms in total. The average Bonchev–Trinajstić information content (AvgIpc) is 2.76. The zero-order valence-corrected chi connectivity index (χ0v) is 13.2.